The average Bonchev–Trinajstić information content (AvgIpc) is 2.37. The number of unbranched alkanes of at least 4 members (excludes halogenated alkanes) is 1. The second-order valence-electron chi connectivity index (χ2n) is 5.25. The fraction of sp³-hybridized carbons (Fsp3) is 0.625. The molecule has 0 saturated heterocycles. The summed E-state index contributed by atoms with van der Waals surface area (Å²) in [4.78, 5) is 0. The van der Waals surface area contributed by atoms with Crippen LogP contribution in [0.3, 0.4) is 0 Å². The molecule has 0 spiro atoms. The number of rotatable bonds is 5. The molecule has 1 heterocycles. The number of hydrogen-bond donors (Lipinski definition) is 1. The van der Waals surface area contributed by atoms with Gasteiger partial charge >= 0.3 is 0 Å². The zero-order valence-corrected chi connectivity index (χ0v) is 11.3. The van der Waals surface area contributed by atoms with Gasteiger partial charge in [0, 0.05) is 13.1 Å². The van der Waals surface area contributed by atoms with Gasteiger partial charge in [-0.1, -0.05) is 44.9 Å². The van der Waals surface area contributed by atoms with Crippen molar-refractivity contribution < 1.29 is 0 Å². The van der Waals surface area contributed by atoms with Crippen LogP contribution in [0.25, 0.3) is 0 Å². The fourth-order valence-electron chi connectivity index (χ4n) is 2.84. The van der Waals surface area contributed by atoms with Crippen LogP contribution in [0.2, 0.25) is 0 Å². The molecule has 1 N–H and O–H groups in total. The van der Waals surface area contributed by atoms with Gasteiger partial charge in [0.25, 0.3) is 0 Å². The van der Waals surface area contributed by atoms with E-state index in [-0.39, 0.29) is 0 Å². The van der Waals surface area contributed by atoms with E-state index in [4.69, 9.17) is 0 Å². The lowest BCUT2D eigenvalue weighted by Gasteiger charge is -2.26. The third-order valence-electron chi connectivity index (χ3n) is 3.81. The highest BCUT2D eigenvalue weighted by Crippen LogP contribution is 2.28. The van der Waals surface area contributed by atoms with Gasteiger partial charge in [-0.2, -0.15) is 0 Å². The second kappa shape index (κ2) is 6.20. The summed E-state index contributed by atoms with van der Waals surface area (Å²) < 4.78 is 0. The second-order valence-corrected chi connectivity index (χ2v) is 5.25. The Balaban J connectivity index is 2.14. The molecule has 1 nitrogen and oxygen atoms in total. The standard InChI is InChI=1S/C16H25N/c1-3-5-7-13-8-9-16-14(6-4-2)11-17-12-15(16)10-13/h8-10,14,17H,3-7,11-12H2,1-2H3. The van der Waals surface area contributed by atoms with Crippen molar-refractivity contribution in [3.63, 3.8) is 0 Å². The SMILES string of the molecule is CCCCc1ccc2c(c1)CNCC2CCC. The van der Waals surface area contributed by atoms with E-state index in [0.29, 0.717) is 0 Å². The Labute approximate surface area is 106 Å². The van der Waals surface area contributed by atoms with E-state index in [1.54, 1.807) is 11.1 Å². The molecule has 0 aromatic heterocycles. The van der Waals surface area contributed by atoms with Crippen molar-refractivity contribution in [1.82, 2.24) is 5.32 Å². The Morgan fingerprint density at radius 2 is 2.12 bits per heavy atom. The summed E-state index contributed by atoms with van der Waals surface area (Å²) in [6, 6.07) is 7.17. The van der Waals surface area contributed by atoms with Gasteiger partial charge in [-0.05, 0) is 41.9 Å². The zero-order chi connectivity index (χ0) is 12.1. The maximum absolute atomic E-state index is 3.56. The van der Waals surface area contributed by atoms with E-state index in [0.717, 1.165) is 19.0 Å². The Morgan fingerprint density at radius 3 is 2.88 bits per heavy atom. The van der Waals surface area contributed by atoms with Crippen molar-refractivity contribution in [1.29, 1.82) is 0 Å². The van der Waals surface area contributed by atoms with E-state index < -0.39 is 0 Å². The van der Waals surface area contributed by atoms with Gasteiger partial charge in [-0.25, -0.2) is 0 Å². The van der Waals surface area contributed by atoms with Crippen LogP contribution < -0.4 is 5.32 Å². The highest BCUT2D eigenvalue weighted by Gasteiger charge is 2.18. The van der Waals surface area contributed by atoms with Crippen LogP contribution >= 0.6 is 0 Å². The van der Waals surface area contributed by atoms with Gasteiger partial charge < -0.3 is 5.32 Å². The van der Waals surface area contributed by atoms with E-state index in [2.05, 4.69) is 37.4 Å². The van der Waals surface area contributed by atoms with E-state index >= 15 is 0 Å². The number of fused-ring (bicyclic) bond motifs is 1. The van der Waals surface area contributed by atoms with E-state index in [9.17, 15) is 0 Å². The number of nitrogens with one attached hydrogen (secondary N) is 1. The Kier molecular flexibility index (Phi) is 4.61. The monoisotopic (exact) mass is 231 g/mol. The lowest BCUT2D eigenvalue weighted by Crippen LogP contribution is -2.28. The molecule has 94 valence electrons. The molecule has 17 heavy (non-hydrogen) atoms. The lowest BCUT2D eigenvalue weighted by molar-refractivity contribution is 0.509. The van der Waals surface area contributed by atoms with Gasteiger partial charge in [-0.3, -0.25) is 0 Å². The zero-order valence-electron chi connectivity index (χ0n) is 11.3. The summed E-state index contributed by atoms with van der Waals surface area (Å²) in [6.45, 7) is 6.77. The molecule has 0 aliphatic carbocycles. The summed E-state index contributed by atoms with van der Waals surface area (Å²) >= 11 is 0. The molecule has 0 amide bonds. The maximum atomic E-state index is 3.56. The molecule has 2 rings (SSSR count). The molecular formula is C16H25N. The lowest BCUT2D eigenvalue weighted by atomic mass is 9.86. The first-order valence-electron chi connectivity index (χ1n) is 7.17. The highest BCUT2D eigenvalue weighted by molar-refractivity contribution is 5.36. The summed E-state index contributed by atoms with van der Waals surface area (Å²) in [7, 11) is 0. The first-order chi connectivity index (χ1) is 8.35. The van der Waals surface area contributed by atoms with Gasteiger partial charge in [-0.15, -0.1) is 0 Å². The van der Waals surface area contributed by atoms with Gasteiger partial charge in [0.15, 0.2) is 0 Å². The molecule has 1 aliphatic heterocycles. The molecule has 1 heteroatoms. The third-order valence-corrected chi connectivity index (χ3v) is 3.81. The first kappa shape index (κ1) is 12.6. The normalized spacial score (nSPS) is 19.1. The topological polar surface area (TPSA) is 12.0 Å². The maximum Gasteiger partial charge on any atom is 0.0208 e. The van der Waals surface area contributed by atoms with Crippen LogP contribution in [0.1, 0.15) is 62.1 Å². The first-order valence-corrected chi connectivity index (χ1v) is 7.17. The Hall–Kier alpha value is -0.820. The molecule has 1 atom stereocenters. The van der Waals surface area contributed by atoms with Crippen LogP contribution in [0.15, 0.2) is 18.2 Å². The molecule has 1 unspecified atom stereocenters. The van der Waals surface area contributed by atoms with Crippen molar-refractivity contribution in [3.05, 3.63) is 34.9 Å². The van der Waals surface area contributed by atoms with Crippen LogP contribution in [-0.2, 0) is 13.0 Å². The largest absolute Gasteiger partial charge is 0.312 e. The molecule has 0 saturated carbocycles. The van der Waals surface area contributed by atoms with Crippen LogP contribution in [0.5, 0.6) is 0 Å². The van der Waals surface area contributed by atoms with Gasteiger partial charge in [0.05, 0.1) is 0 Å². The molecule has 0 fully saturated rings. The fourth-order valence-corrected chi connectivity index (χ4v) is 2.84. The van der Waals surface area contributed by atoms with Crippen LogP contribution in [-0.4, -0.2) is 6.54 Å². The summed E-state index contributed by atoms with van der Waals surface area (Å²) in [5.41, 5.74) is 4.67. The van der Waals surface area contributed by atoms with Crippen LogP contribution in [0.4, 0.5) is 0 Å². The number of benzene rings is 1. The molecule has 0 radical (unpaired) electrons. The molecule has 1 aliphatic rings. The Bertz CT molecular complexity index is 357. The minimum atomic E-state index is 0.740. The van der Waals surface area contributed by atoms with E-state index in [1.165, 1.54) is 37.7 Å². The predicted octanol–water partition coefficient (Wildman–Crippen LogP) is 4.02. The number of aryl methyl sites for hydroxylation is 1. The summed E-state index contributed by atoms with van der Waals surface area (Å²) in [6.07, 6.45) is 6.43. The molecular weight excluding hydrogens is 206 g/mol. The third kappa shape index (κ3) is 3.10. The summed E-state index contributed by atoms with van der Waals surface area (Å²) in [5, 5.41) is 3.56. The van der Waals surface area contributed by atoms with Crippen molar-refractivity contribution in [3.8, 4) is 0 Å². The van der Waals surface area contributed by atoms with Crippen LogP contribution in [0, 0.1) is 0 Å². The van der Waals surface area contributed by atoms with Crippen molar-refractivity contribution in [2.45, 2.75) is 58.4 Å². The van der Waals surface area contributed by atoms with Gasteiger partial charge in [0.2, 0.25) is 0 Å². The van der Waals surface area contributed by atoms with E-state index in [1.807, 2.05) is 0 Å². The van der Waals surface area contributed by atoms with Crippen molar-refractivity contribution >= 4 is 0 Å². The minimum Gasteiger partial charge on any atom is -0.312 e. The number of hydrogen-bond acceptors (Lipinski definition) is 1. The Morgan fingerprint density at radius 1 is 1.24 bits per heavy atom. The minimum absolute atomic E-state index is 0.740. The van der Waals surface area contributed by atoms with Crippen molar-refractivity contribution in [2.75, 3.05) is 6.54 Å². The van der Waals surface area contributed by atoms with Gasteiger partial charge in [0.1, 0.15) is 0 Å². The molecule has 1 aromatic carbocycles. The summed E-state index contributed by atoms with van der Waals surface area (Å²) in [5.74, 6) is 0.740. The smallest absolute Gasteiger partial charge is 0.0208 e. The average molecular weight is 231 g/mol. The predicted molar refractivity (Wildman–Crippen MR) is 74.4 cm³/mol. The highest BCUT2D eigenvalue weighted by atomic mass is 14.9. The molecule has 1 aromatic rings. The van der Waals surface area contributed by atoms with Crippen molar-refractivity contribution in [2.24, 2.45) is 0 Å². The quantitative estimate of drug-likeness (QED) is 0.807. The molecule has 0 bridgehead atoms.